The monoisotopic (exact) mass is 285 g/mol. The number of rotatable bonds is 6. The average molecular weight is 286 g/mol. The fourth-order valence-corrected chi connectivity index (χ4v) is 2.20. The molecular weight excluding hydrogens is 266 g/mol. The Bertz CT molecular complexity index is 485. The summed E-state index contributed by atoms with van der Waals surface area (Å²) in [4.78, 5) is 12.3. The third-order valence-electron chi connectivity index (χ3n) is 3.62. The maximum atomic E-state index is 12.3. The van der Waals surface area contributed by atoms with E-state index in [0.29, 0.717) is 29.7 Å². The van der Waals surface area contributed by atoms with Crippen molar-refractivity contribution >= 4 is 17.3 Å². The van der Waals surface area contributed by atoms with E-state index in [9.17, 15) is 4.79 Å². The summed E-state index contributed by atoms with van der Waals surface area (Å²) in [6, 6.07) is 0. The summed E-state index contributed by atoms with van der Waals surface area (Å²) in [7, 11) is 1.63. The summed E-state index contributed by atoms with van der Waals surface area (Å²) >= 11 is 6.03. The zero-order chi connectivity index (χ0) is 13.8. The van der Waals surface area contributed by atoms with E-state index in [-0.39, 0.29) is 11.7 Å². The largest absolute Gasteiger partial charge is 0.380 e. The van der Waals surface area contributed by atoms with Crippen LogP contribution in [0.25, 0.3) is 0 Å². The molecule has 0 bridgehead atoms. The molecule has 1 heterocycles. The minimum atomic E-state index is -0.150. The van der Waals surface area contributed by atoms with Gasteiger partial charge in [-0.2, -0.15) is 5.10 Å². The molecular formula is C13H20ClN3O2. The van der Waals surface area contributed by atoms with Gasteiger partial charge in [-0.15, -0.1) is 0 Å². The first-order valence-electron chi connectivity index (χ1n) is 6.64. The Kier molecular flexibility index (Phi) is 4.82. The van der Waals surface area contributed by atoms with Gasteiger partial charge in [-0.25, -0.2) is 4.68 Å². The molecule has 1 aliphatic carbocycles. The first kappa shape index (κ1) is 14.3. The Labute approximate surface area is 117 Å². The van der Waals surface area contributed by atoms with Crippen LogP contribution in [0, 0.1) is 5.92 Å². The summed E-state index contributed by atoms with van der Waals surface area (Å²) in [5.41, 5.74) is 0.266. The third-order valence-corrected chi connectivity index (χ3v) is 3.91. The molecule has 1 aliphatic rings. The first-order valence-corrected chi connectivity index (χ1v) is 7.02. The standard InChI is InChI=1S/C13H20ClN3O2/c1-9(19-2)6-15-12-11(14)7-16-17(13(12)18)8-10-4-3-5-10/h7,9-10,15H,3-6,8H2,1-2H3. The van der Waals surface area contributed by atoms with Crippen molar-refractivity contribution in [2.24, 2.45) is 5.92 Å². The summed E-state index contributed by atoms with van der Waals surface area (Å²) in [5, 5.41) is 7.52. The lowest BCUT2D eigenvalue weighted by Gasteiger charge is -2.25. The molecule has 19 heavy (non-hydrogen) atoms. The Morgan fingerprint density at radius 1 is 1.63 bits per heavy atom. The fourth-order valence-electron chi connectivity index (χ4n) is 2.01. The van der Waals surface area contributed by atoms with Crippen molar-refractivity contribution < 1.29 is 4.74 Å². The van der Waals surface area contributed by atoms with Gasteiger partial charge in [0.1, 0.15) is 5.69 Å². The van der Waals surface area contributed by atoms with Crippen molar-refractivity contribution in [1.82, 2.24) is 9.78 Å². The maximum Gasteiger partial charge on any atom is 0.291 e. The molecule has 0 spiro atoms. The topological polar surface area (TPSA) is 56.1 Å². The van der Waals surface area contributed by atoms with Crippen LogP contribution < -0.4 is 10.9 Å². The van der Waals surface area contributed by atoms with Crippen molar-refractivity contribution in [1.29, 1.82) is 0 Å². The number of nitrogens with one attached hydrogen (secondary N) is 1. The molecule has 0 amide bonds. The van der Waals surface area contributed by atoms with Gasteiger partial charge in [0, 0.05) is 20.2 Å². The van der Waals surface area contributed by atoms with Gasteiger partial charge >= 0.3 is 0 Å². The molecule has 1 fully saturated rings. The Morgan fingerprint density at radius 2 is 2.37 bits per heavy atom. The van der Waals surface area contributed by atoms with E-state index < -0.39 is 0 Å². The van der Waals surface area contributed by atoms with Crippen LogP contribution in [0.2, 0.25) is 5.02 Å². The molecule has 1 aromatic heterocycles. The van der Waals surface area contributed by atoms with Gasteiger partial charge in [0.2, 0.25) is 0 Å². The van der Waals surface area contributed by atoms with E-state index in [1.165, 1.54) is 30.1 Å². The maximum absolute atomic E-state index is 12.3. The van der Waals surface area contributed by atoms with Gasteiger partial charge in [0.15, 0.2) is 0 Å². The zero-order valence-corrected chi connectivity index (χ0v) is 12.1. The molecule has 0 aliphatic heterocycles. The van der Waals surface area contributed by atoms with E-state index in [1.54, 1.807) is 7.11 Å². The normalized spacial score (nSPS) is 17.0. The smallest absolute Gasteiger partial charge is 0.291 e. The second-order valence-electron chi connectivity index (χ2n) is 5.08. The number of hydrogen-bond acceptors (Lipinski definition) is 4. The van der Waals surface area contributed by atoms with Crippen LogP contribution >= 0.6 is 11.6 Å². The van der Waals surface area contributed by atoms with E-state index >= 15 is 0 Å². The lowest BCUT2D eigenvalue weighted by atomic mass is 9.85. The lowest BCUT2D eigenvalue weighted by molar-refractivity contribution is 0.128. The lowest BCUT2D eigenvalue weighted by Crippen LogP contribution is -2.32. The molecule has 5 nitrogen and oxygen atoms in total. The van der Waals surface area contributed by atoms with E-state index in [0.717, 1.165) is 0 Å². The van der Waals surface area contributed by atoms with Crippen LogP contribution in [0.1, 0.15) is 26.2 Å². The predicted octanol–water partition coefficient (Wildman–Crippen LogP) is 2.14. The highest BCUT2D eigenvalue weighted by molar-refractivity contribution is 6.32. The van der Waals surface area contributed by atoms with Crippen molar-refractivity contribution in [3.05, 3.63) is 21.6 Å². The number of ether oxygens (including phenoxy) is 1. The van der Waals surface area contributed by atoms with E-state index in [1.807, 2.05) is 6.92 Å². The predicted molar refractivity (Wildman–Crippen MR) is 75.8 cm³/mol. The number of nitrogens with zero attached hydrogens (tertiary/aromatic N) is 2. The number of anilines is 1. The van der Waals surface area contributed by atoms with Crippen molar-refractivity contribution in [3.63, 3.8) is 0 Å². The van der Waals surface area contributed by atoms with Crippen LogP contribution in [-0.4, -0.2) is 29.5 Å². The summed E-state index contributed by atoms with van der Waals surface area (Å²) in [5.74, 6) is 0.581. The average Bonchev–Trinajstić information content (AvgIpc) is 2.35. The Morgan fingerprint density at radius 3 is 2.95 bits per heavy atom. The number of hydrogen-bond donors (Lipinski definition) is 1. The van der Waals surface area contributed by atoms with Gasteiger partial charge in [-0.1, -0.05) is 18.0 Å². The third kappa shape index (κ3) is 3.48. The molecule has 0 saturated heterocycles. The van der Waals surface area contributed by atoms with Crippen LogP contribution in [0.5, 0.6) is 0 Å². The van der Waals surface area contributed by atoms with Crippen LogP contribution in [0.4, 0.5) is 5.69 Å². The van der Waals surface area contributed by atoms with Crippen molar-refractivity contribution in [3.8, 4) is 0 Å². The van der Waals surface area contributed by atoms with Crippen molar-refractivity contribution in [2.45, 2.75) is 38.8 Å². The summed E-state index contributed by atoms with van der Waals surface area (Å²) < 4.78 is 6.65. The summed E-state index contributed by atoms with van der Waals surface area (Å²) in [6.07, 6.45) is 5.16. The number of halogens is 1. The van der Waals surface area contributed by atoms with Gasteiger partial charge in [0.25, 0.3) is 5.56 Å². The SMILES string of the molecule is COC(C)CNc1c(Cl)cnn(CC2CCC2)c1=O. The fraction of sp³-hybridized carbons (Fsp3) is 0.692. The van der Waals surface area contributed by atoms with Gasteiger partial charge in [-0.05, 0) is 25.7 Å². The summed E-state index contributed by atoms with van der Waals surface area (Å²) in [6.45, 7) is 3.15. The number of methoxy groups -OCH3 is 1. The highest BCUT2D eigenvalue weighted by Gasteiger charge is 2.20. The molecule has 1 aromatic rings. The molecule has 1 unspecified atom stereocenters. The molecule has 1 N–H and O–H groups in total. The van der Waals surface area contributed by atoms with Gasteiger partial charge in [0.05, 0.1) is 17.3 Å². The first-order chi connectivity index (χ1) is 9.11. The highest BCUT2D eigenvalue weighted by atomic mass is 35.5. The molecule has 0 aromatic carbocycles. The number of aromatic nitrogens is 2. The second kappa shape index (κ2) is 6.39. The van der Waals surface area contributed by atoms with E-state index in [2.05, 4.69) is 10.4 Å². The molecule has 1 atom stereocenters. The minimum absolute atomic E-state index is 0.0173. The second-order valence-corrected chi connectivity index (χ2v) is 5.49. The molecule has 106 valence electrons. The zero-order valence-electron chi connectivity index (χ0n) is 11.4. The van der Waals surface area contributed by atoms with Crippen LogP contribution in [0.15, 0.2) is 11.0 Å². The van der Waals surface area contributed by atoms with Gasteiger partial charge < -0.3 is 10.1 Å². The van der Waals surface area contributed by atoms with Crippen LogP contribution in [-0.2, 0) is 11.3 Å². The van der Waals surface area contributed by atoms with Gasteiger partial charge in [-0.3, -0.25) is 4.79 Å². The molecule has 1 saturated carbocycles. The minimum Gasteiger partial charge on any atom is -0.380 e. The Hall–Kier alpha value is -1.07. The highest BCUT2D eigenvalue weighted by Crippen LogP contribution is 2.27. The molecule has 0 radical (unpaired) electrons. The quantitative estimate of drug-likeness (QED) is 0.870. The molecule has 2 rings (SSSR count). The van der Waals surface area contributed by atoms with Crippen LogP contribution in [0.3, 0.4) is 0 Å². The Balaban J connectivity index is 2.11. The molecule has 6 heteroatoms. The van der Waals surface area contributed by atoms with E-state index in [4.69, 9.17) is 16.3 Å². The van der Waals surface area contributed by atoms with Crippen molar-refractivity contribution in [2.75, 3.05) is 19.0 Å².